The Morgan fingerprint density at radius 1 is 1.41 bits per heavy atom. The number of unbranched alkanes of at least 4 members (excludes halogenated alkanes) is 1. The smallest absolute Gasteiger partial charge is 0.0645 e. The summed E-state index contributed by atoms with van der Waals surface area (Å²) in [5.74, 6) is 0.525. The number of aliphatic hydroxyl groups is 1. The molecule has 0 bridgehead atoms. The van der Waals surface area contributed by atoms with Crippen molar-refractivity contribution in [2.45, 2.75) is 59.0 Å². The van der Waals surface area contributed by atoms with Gasteiger partial charge in [0.2, 0.25) is 0 Å². The molecule has 0 aromatic carbocycles. The van der Waals surface area contributed by atoms with Crippen molar-refractivity contribution in [3.63, 3.8) is 0 Å². The van der Waals surface area contributed by atoms with Crippen LogP contribution in [0, 0.1) is 11.3 Å². The highest BCUT2D eigenvalue weighted by atomic mass is 16.5. The van der Waals surface area contributed by atoms with Crippen LogP contribution >= 0.6 is 0 Å². The monoisotopic (exact) mass is 240 g/mol. The summed E-state index contributed by atoms with van der Waals surface area (Å²) in [4.78, 5) is 0. The van der Waals surface area contributed by atoms with Gasteiger partial charge >= 0.3 is 0 Å². The minimum absolute atomic E-state index is 0.267. The van der Waals surface area contributed by atoms with Crippen molar-refractivity contribution in [1.29, 1.82) is 0 Å². The maximum absolute atomic E-state index is 8.76. The number of rotatable bonds is 6. The molecule has 0 radical (unpaired) electrons. The second-order valence-electron chi connectivity index (χ2n) is 6.20. The molecule has 100 valence electrons. The van der Waals surface area contributed by atoms with Gasteiger partial charge in [0.05, 0.1) is 6.10 Å². The Bertz CT molecular complexity index is 245. The molecule has 1 aliphatic carbocycles. The third-order valence-electron chi connectivity index (χ3n) is 3.85. The van der Waals surface area contributed by atoms with Gasteiger partial charge < -0.3 is 9.84 Å². The van der Waals surface area contributed by atoms with Crippen molar-refractivity contribution in [3.05, 3.63) is 12.2 Å². The molecule has 1 rings (SSSR count). The summed E-state index contributed by atoms with van der Waals surface area (Å²) in [6, 6.07) is 0. The summed E-state index contributed by atoms with van der Waals surface area (Å²) >= 11 is 0. The lowest BCUT2D eigenvalue weighted by Gasteiger charge is -2.41. The van der Waals surface area contributed by atoms with Gasteiger partial charge in [0.1, 0.15) is 0 Å². The number of ether oxygens (including phenoxy) is 1. The number of hydrogen-bond acceptors (Lipinski definition) is 2. The topological polar surface area (TPSA) is 29.5 Å². The van der Waals surface area contributed by atoms with E-state index < -0.39 is 0 Å². The van der Waals surface area contributed by atoms with Crippen LogP contribution in [0.5, 0.6) is 0 Å². The summed E-state index contributed by atoms with van der Waals surface area (Å²) < 4.78 is 6.02. The number of hydrogen-bond donors (Lipinski definition) is 1. The first kappa shape index (κ1) is 14.7. The van der Waals surface area contributed by atoms with Gasteiger partial charge in [-0.25, -0.2) is 0 Å². The molecule has 2 heteroatoms. The van der Waals surface area contributed by atoms with Gasteiger partial charge in [-0.2, -0.15) is 0 Å². The largest absolute Gasteiger partial charge is 0.396 e. The van der Waals surface area contributed by atoms with Crippen molar-refractivity contribution in [3.8, 4) is 0 Å². The van der Waals surface area contributed by atoms with E-state index in [9.17, 15) is 0 Å². The van der Waals surface area contributed by atoms with E-state index in [1.54, 1.807) is 0 Å². The first-order valence-corrected chi connectivity index (χ1v) is 6.84. The molecule has 1 saturated carbocycles. The van der Waals surface area contributed by atoms with Crippen LogP contribution in [-0.4, -0.2) is 24.4 Å². The van der Waals surface area contributed by atoms with E-state index in [0.717, 1.165) is 25.9 Å². The van der Waals surface area contributed by atoms with Crippen LogP contribution in [0.2, 0.25) is 0 Å². The molecule has 1 aliphatic rings. The highest BCUT2D eigenvalue weighted by Gasteiger charge is 2.35. The van der Waals surface area contributed by atoms with E-state index in [0.29, 0.717) is 17.4 Å². The Hall–Kier alpha value is -0.340. The van der Waals surface area contributed by atoms with Crippen LogP contribution in [-0.2, 0) is 4.74 Å². The highest BCUT2D eigenvalue weighted by Crippen LogP contribution is 2.41. The van der Waals surface area contributed by atoms with Crippen LogP contribution in [0.25, 0.3) is 0 Å². The first-order valence-electron chi connectivity index (χ1n) is 6.84. The third kappa shape index (κ3) is 4.81. The lowest BCUT2D eigenvalue weighted by atomic mass is 9.70. The molecular weight excluding hydrogens is 212 g/mol. The Kier molecular flexibility index (Phi) is 5.68. The van der Waals surface area contributed by atoms with Crippen LogP contribution in [0.1, 0.15) is 52.9 Å². The van der Waals surface area contributed by atoms with Gasteiger partial charge in [-0.3, -0.25) is 0 Å². The van der Waals surface area contributed by atoms with Crippen LogP contribution in [0.15, 0.2) is 12.2 Å². The van der Waals surface area contributed by atoms with Gasteiger partial charge in [-0.05, 0) is 44.4 Å². The number of aliphatic hydroxyl groups excluding tert-OH is 1. The van der Waals surface area contributed by atoms with Crippen molar-refractivity contribution in [2.75, 3.05) is 13.2 Å². The van der Waals surface area contributed by atoms with Gasteiger partial charge in [-0.15, -0.1) is 0 Å². The average Bonchev–Trinajstić information content (AvgIpc) is 2.23. The van der Waals surface area contributed by atoms with Gasteiger partial charge in [0.15, 0.2) is 0 Å². The van der Waals surface area contributed by atoms with E-state index in [2.05, 4.69) is 27.4 Å². The maximum Gasteiger partial charge on any atom is 0.0645 e. The lowest BCUT2D eigenvalue weighted by Crippen LogP contribution is -2.36. The van der Waals surface area contributed by atoms with Crippen LogP contribution in [0.3, 0.4) is 0 Å². The molecule has 2 atom stereocenters. The SMILES string of the molecule is C=C(C)C1CCC(C)(C)CC1OCCCCO. The van der Waals surface area contributed by atoms with Crippen molar-refractivity contribution >= 4 is 0 Å². The Labute approximate surface area is 106 Å². The van der Waals surface area contributed by atoms with E-state index in [4.69, 9.17) is 9.84 Å². The van der Waals surface area contributed by atoms with Crippen molar-refractivity contribution < 1.29 is 9.84 Å². The van der Waals surface area contributed by atoms with E-state index in [1.165, 1.54) is 18.4 Å². The molecule has 2 nitrogen and oxygen atoms in total. The summed E-state index contributed by atoms with van der Waals surface area (Å²) in [5, 5.41) is 8.76. The molecule has 0 saturated heterocycles. The van der Waals surface area contributed by atoms with Crippen molar-refractivity contribution in [2.24, 2.45) is 11.3 Å². The molecule has 0 heterocycles. The molecule has 2 unspecified atom stereocenters. The molecule has 0 spiro atoms. The summed E-state index contributed by atoms with van der Waals surface area (Å²) in [7, 11) is 0. The molecule has 1 N–H and O–H groups in total. The van der Waals surface area contributed by atoms with E-state index >= 15 is 0 Å². The highest BCUT2D eigenvalue weighted by molar-refractivity contribution is 5.03. The molecule has 0 amide bonds. The average molecular weight is 240 g/mol. The minimum Gasteiger partial charge on any atom is -0.396 e. The zero-order valence-electron chi connectivity index (χ0n) is 11.7. The van der Waals surface area contributed by atoms with Gasteiger partial charge in [0, 0.05) is 19.1 Å². The molecule has 0 aliphatic heterocycles. The summed E-state index contributed by atoms with van der Waals surface area (Å²) in [6.45, 7) is 11.9. The predicted molar refractivity (Wildman–Crippen MR) is 72.0 cm³/mol. The molecule has 0 aromatic heterocycles. The van der Waals surface area contributed by atoms with E-state index in [-0.39, 0.29) is 6.61 Å². The third-order valence-corrected chi connectivity index (χ3v) is 3.85. The van der Waals surface area contributed by atoms with Gasteiger partial charge in [0.25, 0.3) is 0 Å². The second kappa shape index (κ2) is 6.55. The maximum atomic E-state index is 8.76. The molecule has 17 heavy (non-hydrogen) atoms. The fourth-order valence-electron chi connectivity index (χ4n) is 2.71. The zero-order chi connectivity index (χ0) is 12.9. The standard InChI is InChI=1S/C15H28O2/c1-12(2)13-7-8-15(3,4)11-14(13)17-10-6-5-9-16/h13-14,16H,1,5-11H2,2-4H3. The Morgan fingerprint density at radius 3 is 2.71 bits per heavy atom. The Balaban J connectivity index is 2.46. The Morgan fingerprint density at radius 2 is 2.12 bits per heavy atom. The molecule has 1 fully saturated rings. The van der Waals surface area contributed by atoms with Crippen LogP contribution < -0.4 is 0 Å². The zero-order valence-corrected chi connectivity index (χ0v) is 11.7. The molecule has 0 aromatic rings. The van der Waals surface area contributed by atoms with Gasteiger partial charge in [-0.1, -0.05) is 26.0 Å². The fourth-order valence-corrected chi connectivity index (χ4v) is 2.71. The normalized spacial score (nSPS) is 28.0. The minimum atomic E-state index is 0.267. The predicted octanol–water partition coefficient (Wildman–Crippen LogP) is 3.55. The quantitative estimate of drug-likeness (QED) is 0.568. The van der Waals surface area contributed by atoms with E-state index in [1.807, 2.05) is 0 Å². The first-order chi connectivity index (χ1) is 7.96. The molecular formula is C15H28O2. The lowest BCUT2D eigenvalue weighted by molar-refractivity contribution is -0.0351. The van der Waals surface area contributed by atoms with Crippen LogP contribution in [0.4, 0.5) is 0 Å². The second-order valence-corrected chi connectivity index (χ2v) is 6.20. The summed E-state index contributed by atoms with van der Waals surface area (Å²) in [6.07, 6.45) is 5.72. The summed E-state index contributed by atoms with van der Waals surface area (Å²) in [5.41, 5.74) is 1.65. The van der Waals surface area contributed by atoms with Crippen molar-refractivity contribution in [1.82, 2.24) is 0 Å². The fraction of sp³-hybridized carbons (Fsp3) is 0.867.